The summed E-state index contributed by atoms with van der Waals surface area (Å²) in [4.78, 5) is 9.21. The van der Waals surface area contributed by atoms with E-state index < -0.39 is 32.5 Å². The first-order valence-corrected chi connectivity index (χ1v) is 6.71. The van der Waals surface area contributed by atoms with E-state index >= 15 is 0 Å². The summed E-state index contributed by atoms with van der Waals surface area (Å²) in [5, 5.41) is 10.6. The second-order valence-corrected chi connectivity index (χ2v) is 5.56. The second-order valence-electron chi connectivity index (χ2n) is 3.85. The molecule has 0 heterocycles. The van der Waals surface area contributed by atoms with Crippen LogP contribution in [0, 0.1) is 15.9 Å². The predicted octanol–water partition coefficient (Wildman–Crippen LogP) is 1.05. The molecule has 0 bridgehead atoms. The van der Waals surface area contributed by atoms with Crippen LogP contribution in [0.1, 0.15) is 6.92 Å². The lowest BCUT2D eigenvalue weighted by molar-refractivity contribution is -0.387. The third-order valence-electron chi connectivity index (χ3n) is 2.20. The van der Waals surface area contributed by atoms with Crippen molar-refractivity contribution >= 4 is 15.7 Å². The number of rotatable bonds is 6. The van der Waals surface area contributed by atoms with Gasteiger partial charge in [0.15, 0.2) is 0 Å². The predicted molar refractivity (Wildman–Crippen MR) is 64.7 cm³/mol. The Labute approximate surface area is 109 Å². The fourth-order valence-corrected chi connectivity index (χ4v) is 2.66. The molecule has 1 aromatic carbocycles. The molecule has 1 N–H and O–H groups in total. The van der Waals surface area contributed by atoms with Gasteiger partial charge in [0, 0.05) is 19.2 Å². The molecule has 1 aromatic rings. The van der Waals surface area contributed by atoms with Crippen molar-refractivity contribution in [2.45, 2.75) is 17.9 Å². The molecule has 7 nitrogen and oxygen atoms in total. The van der Waals surface area contributed by atoms with E-state index in [1.54, 1.807) is 6.92 Å². The summed E-state index contributed by atoms with van der Waals surface area (Å²) in [7, 11) is -2.55. The molecule has 106 valence electrons. The molecule has 0 unspecified atom stereocenters. The molecule has 0 aliphatic carbocycles. The topological polar surface area (TPSA) is 98.5 Å². The normalized spacial score (nSPS) is 13.2. The number of nitrogens with zero attached hydrogens (tertiary/aromatic N) is 1. The van der Waals surface area contributed by atoms with Crippen LogP contribution in [0.15, 0.2) is 23.1 Å². The van der Waals surface area contributed by atoms with Crippen LogP contribution >= 0.6 is 0 Å². The van der Waals surface area contributed by atoms with E-state index in [0.717, 1.165) is 12.1 Å². The number of benzene rings is 1. The van der Waals surface area contributed by atoms with Crippen molar-refractivity contribution in [3.05, 3.63) is 34.1 Å². The Hall–Kier alpha value is -1.58. The zero-order valence-corrected chi connectivity index (χ0v) is 11.1. The maximum atomic E-state index is 13.1. The third kappa shape index (κ3) is 3.94. The third-order valence-corrected chi connectivity index (χ3v) is 3.78. The monoisotopic (exact) mass is 292 g/mol. The lowest BCUT2D eigenvalue weighted by Gasteiger charge is -2.13. The van der Waals surface area contributed by atoms with Crippen molar-refractivity contribution in [1.29, 1.82) is 0 Å². The smallest absolute Gasteiger partial charge is 0.306 e. The van der Waals surface area contributed by atoms with E-state index in [2.05, 4.69) is 4.72 Å². The number of hydrogen-bond donors (Lipinski definition) is 1. The van der Waals surface area contributed by atoms with Crippen molar-refractivity contribution in [1.82, 2.24) is 4.72 Å². The Kier molecular flexibility index (Phi) is 4.92. The SMILES string of the molecule is COC[C@@H](C)NS(=O)(=O)c1ccc(F)c([N+](=O)[O-])c1. The highest BCUT2D eigenvalue weighted by molar-refractivity contribution is 7.89. The van der Waals surface area contributed by atoms with Gasteiger partial charge in [0.2, 0.25) is 15.8 Å². The molecule has 0 saturated carbocycles. The van der Waals surface area contributed by atoms with Crippen molar-refractivity contribution in [3.8, 4) is 0 Å². The minimum Gasteiger partial charge on any atom is -0.383 e. The Morgan fingerprint density at radius 3 is 2.68 bits per heavy atom. The molecule has 0 aromatic heterocycles. The average molecular weight is 292 g/mol. The first kappa shape index (κ1) is 15.5. The lowest BCUT2D eigenvalue weighted by Crippen LogP contribution is -2.35. The van der Waals surface area contributed by atoms with Crippen LogP contribution in [0.4, 0.5) is 10.1 Å². The fraction of sp³-hybridized carbons (Fsp3) is 0.400. The summed E-state index contributed by atoms with van der Waals surface area (Å²) >= 11 is 0. The van der Waals surface area contributed by atoms with Crippen LogP contribution in [0.25, 0.3) is 0 Å². The minimum absolute atomic E-state index is 0.141. The summed E-state index contributed by atoms with van der Waals surface area (Å²) < 4.78 is 43.9. The number of nitro groups is 1. The largest absolute Gasteiger partial charge is 0.383 e. The molecular weight excluding hydrogens is 279 g/mol. The molecule has 1 atom stereocenters. The number of methoxy groups -OCH3 is 1. The molecular formula is C10H13FN2O5S. The maximum Gasteiger partial charge on any atom is 0.306 e. The number of hydrogen-bond acceptors (Lipinski definition) is 5. The molecule has 9 heteroatoms. The van der Waals surface area contributed by atoms with E-state index in [-0.39, 0.29) is 11.5 Å². The number of halogens is 1. The summed E-state index contributed by atoms with van der Waals surface area (Å²) in [6, 6.07) is 1.87. The van der Waals surface area contributed by atoms with E-state index in [1.807, 2.05) is 0 Å². The first-order chi connectivity index (χ1) is 8.77. The summed E-state index contributed by atoms with van der Waals surface area (Å²) in [6.07, 6.45) is 0. The molecule has 0 amide bonds. The van der Waals surface area contributed by atoms with Crippen LogP contribution in [-0.4, -0.2) is 33.1 Å². The van der Waals surface area contributed by atoms with Crippen LogP contribution in [-0.2, 0) is 14.8 Å². The van der Waals surface area contributed by atoms with E-state index in [4.69, 9.17) is 4.74 Å². The maximum absolute atomic E-state index is 13.1. The van der Waals surface area contributed by atoms with E-state index in [0.29, 0.717) is 6.07 Å². The van der Waals surface area contributed by atoms with Gasteiger partial charge < -0.3 is 4.74 Å². The summed E-state index contributed by atoms with van der Waals surface area (Å²) in [5.41, 5.74) is -0.887. The molecule has 0 aliphatic heterocycles. The average Bonchev–Trinajstić information content (AvgIpc) is 2.28. The Morgan fingerprint density at radius 2 is 2.16 bits per heavy atom. The highest BCUT2D eigenvalue weighted by atomic mass is 32.2. The highest BCUT2D eigenvalue weighted by Gasteiger charge is 2.22. The van der Waals surface area contributed by atoms with Crippen LogP contribution in [0.5, 0.6) is 0 Å². The van der Waals surface area contributed by atoms with Gasteiger partial charge >= 0.3 is 5.69 Å². The standard InChI is InChI=1S/C10H13FN2O5S/c1-7(6-18-2)12-19(16,17)8-3-4-9(11)10(5-8)13(14)15/h3-5,7,12H,6H2,1-2H3/t7-/m1/s1. The molecule has 0 spiro atoms. The van der Waals surface area contributed by atoms with Gasteiger partial charge in [0.1, 0.15) is 0 Å². The van der Waals surface area contributed by atoms with Gasteiger partial charge in [0.05, 0.1) is 16.4 Å². The Balaban J connectivity index is 3.08. The quantitative estimate of drug-likeness (QED) is 0.624. The van der Waals surface area contributed by atoms with Crippen LogP contribution < -0.4 is 4.72 Å². The van der Waals surface area contributed by atoms with E-state index in [9.17, 15) is 22.9 Å². The number of sulfonamides is 1. The minimum atomic E-state index is -3.96. The van der Waals surface area contributed by atoms with Crippen molar-refractivity contribution in [3.63, 3.8) is 0 Å². The zero-order chi connectivity index (χ0) is 14.6. The zero-order valence-electron chi connectivity index (χ0n) is 10.3. The second kappa shape index (κ2) is 6.04. The number of ether oxygens (including phenoxy) is 1. The van der Waals surface area contributed by atoms with Gasteiger partial charge in [-0.2, -0.15) is 4.39 Å². The molecule has 0 saturated heterocycles. The molecule has 1 rings (SSSR count). The summed E-state index contributed by atoms with van der Waals surface area (Å²) in [5.74, 6) is -1.09. The van der Waals surface area contributed by atoms with Crippen molar-refractivity contribution in [2.75, 3.05) is 13.7 Å². The first-order valence-electron chi connectivity index (χ1n) is 5.23. The van der Waals surface area contributed by atoms with Crippen LogP contribution in [0.3, 0.4) is 0 Å². The molecule has 0 radical (unpaired) electrons. The van der Waals surface area contributed by atoms with Gasteiger partial charge in [-0.1, -0.05) is 0 Å². The molecule has 19 heavy (non-hydrogen) atoms. The van der Waals surface area contributed by atoms with Gasteiger partial charge in [-0.15, -0.1) is 0 Å². The molecule has 0 aliphatic rings. The van der Waals surface area contributed by atoms with Gasteiger partial charge in [-0.05, 0) is 19.1 Å². The molecule has 0 fully saturated rings. The van der Waals surface area contributed by atoms with Crippen molar-refractivity contribution < 1.29 is 22.5 Å². The van der Waals surface area contributed by atoms with Gasteiger partial charge in [-0.3, -0.25) is 10.1 Å². The Morgan fingerprint density at radius 1 is 1.53 bits per heavy atom. The summed E-state index contributed by atoms with van der Waals surface area (Å²) in [6.45, 7) is 1.71. The van der Waals surface area contributed by atoms with Gasteiger partial charge in [0.25, 0.3) is 0 Å². The number of nitrogens with one attached hydrogen (secondary N) is 1. The van der Waals surface area contributed by atoms with Crippen LogP contribution in [0.2, 0.25) is 0 Å². The van der Waals surface area contributed by atoms with Gasteiger partial charge in [-0.25, -0.2) is 13.1 Å². The van der Waals surface area contributed by atoms with E-state index in [1.165, 1.54) is 7.11 Å². The number of nitro benzene ring substituents is 1. The fourth-order valence-electron chi connectivity index (χ4n) is 1.42. The highest BCUT2D eigenvalue weighted by Crippen LogP contribution is 2.21. The lowest BCUT2D eigenvalue weighted by atomic mass is 10.3. The Bertz CT molecular complexity index is 575. The van der Waals surface area contributed by atoms with Crippen molar-refractivity contribution in [2.24, 2.45) is 0 Å².